The summed E-state index contributed by atoms with van der Waals surface area (Å²) in [6.07, 6.45) is 4.27. The molecule has 164 valence electrons. The molecule has 2 aromatic rings. The summed E-state index contributed by atoms with van der Waals surface area (Å²) in [5, 5.41) is 0. The second-order valence-electron chi connectivity index (χ2n) is 8.15. The predicted molar refractivity (Wildman–Crippen MR) is 113 cm³/mol. The van der Waals surface area contributed by atoms with Crippen LogP contribution in [0.15, 0.2) is 29.1 Å². The van der Waals surface area contributed by atoms with E-state index >= 15 is 0 Å². The summed E-state index contributed by atoms with van der Waals surface area (Å²) in [7, 11) is -2.29. The molecule has 0 saturated carbocycles. The van der Waals surface area contributed by atoms with Gasteiger partial charge in [0, 0.05) is 38.3 Å². The summed E-state index contributed by atoms with van der Waals surface area (Å²) in [5.41, 5.74) is 0.584. The first kappa shape index (κ1) is 20.9. The van der Waals surface area contributed by atoms with Crippen molar-refractivity contribution in [2.75, 3.05) is 39.5 Å². The number of benzene rings is 1. The molecule has 2 saturated heterocycles. The minimum Gasteiger partial charge on any atom is -0.453 e. The Morgan fingerprint density at radius 3 is 2.33 bits per heavy atom. The maximum Gasteiger partial charge on any atom is 0.409 e. The molecule has 1 amide bonds. The zero-order valence-corrected chi connectivity index (χ0v) is 18.2. The third-order valence-corrected chi connectivity index (χ3v) is 7.30. The van der Waals surface area contributed by atoms with Gasteiger partial charge in [0.05, 0.1) is 24.4 Å². The molecule has 1 aromatic carbocycles. The molecule has 0 N–H and O–H groups in total. The minimum absolute atomic E-state index is 0.0537. The number of rotatable bonds is 3. The number of para-hydroxylation sites is 2. The number of aromatic nitrogens is 2. The largest absolute Gasteiger partial charge is 0.453 e. The van der Waals surface area contributed by atoms with Gasteiger partial charge in [-0.1, -0.05) is 12.1 Å². The molecular weight excluding hydrogens is 408 g/mol. The summed E-state index contributed by atoms with van der Waals surface area (Å²) in [4.78, 5) is 29.1. The third-order valence-electron chi connectivity index (χ3n) is 6.28. The number of piperidine rings is 2. The molecule has 0 spiro atoms. The van der Waals surface area contributed by atoms with Gasteiger partial charge in [-0.05, 0) is 37.8 Å². The Morgan fingerprint density at radius 1 is 1.03 bits per heavy atom. The fraction of sp³-hybridized carbons (Fsp3) is 0.600. The van der Waals surface area contributed by atoms with Crippen molar-refractivity contribution in [1.29, 1.82) is 0 Å². The highest BCUT2D eigenvalue weighted by Crippen LogP contribution is 2.29. The number of ether oxygens (including phenoxy) is 1. The van der Waals surface area contributed by atoms with Gasteiger partial charge in [-0.15, -0.1) is 0 Å². The van der Waals surface area contributed by atoms with Crippen molar-refractivity contribution in [3.8, 4) is 0 Å². The number of carbonyl (C=O) groups excluding carboxylic acids is 1. The molecule has 0 bridgehead atoms. The van der Waals surface area contributed by atoms with Gasteiger partial charge < -0.3 is 9.64 Å². The molecule has 0 aliphatic carbocycles. The quantitative estimate of drug-likeness (QED) is 0.724. The van der Waals surface area contributed by atoms with Crippen LogP contribution < -0.4 is 5.69 Å². The lowest BCUT2D eigenvalue weighted by atomic mass is 9.98. The van der Waals surface area contributed by atoms with Crippen LogP contribution in [-0.2, 0) is 14.8 Å². The monoisotopic (exact) mass is 436 g/mol. The zero-order valence-electron chi connectivity index (χ0n) is 17.4. The number of likely N-dealkylation sites (tertiary alicyclic amines) is 2. The molecule has 2 aliphatic heterocycles. The van der Waals surface area contributed by atoms with Gasteiger partial charge in [-0.25, -0.2) is 18.0 Å². The molecule has 10 heteroatoms. The first-order valence-electron chi connectivity index (χ1n) is 10.3. The van der Waals surface area contributed by atoms with Crippen LogP contribution in [0.4, 0.5) is 4.79 Å². The number of hydrogen-bond acceptors (Lipinski definition) is 6. The molecule has 4 rings (SSSR count). The van der Waals surface area contributed by atoms with E-state index < -0.39 is 15.7 Å². The van der Waals surface area contributed by atoms with E-state index in [1.54, 1.807) is 27.7 Å². The molecule has 30 heavy (non-hydrogen) atoms. The number of hydrogen-bond donors (Lipinski definition) is 0. The van der Waals surface area contributed by atoms with Crippen molar-refractivity contribution in [3.63, 3.8) is 0 Å². The van der Waals surface area contributed by atoms with Crippen molar-refractivity contribution >= 4 is 27.1 Å². The fourth-order valence-corrected chi connectivity index (χ4v) is 5.76. The Kier molecular flexibility index (Phi) is 5.63. The average Bonchev–Trinajstić information content (AvgIpc) is 3.05. The lowest BCUT2D eigenvalue weighted by molar-refractivity contribution is 0.0602. The second kappa shape index (κ2) is 8.07. The van der Waals surface area contributed by atoms with Gasteiger partial charge >= 0.3 is 11.8 Å². The molecule has 2 aliphatic rings. The summed E-state index contributed by atoms with van der Waals surface area (Å²) < 4.78 is 31.9. The molecule has 1 aromatic heterocycles. The van der Waals surface area contributed by atoms with Crippen LogP contribution in [0.5, 0.6) is 0 Å². The number of amides is 1. The van der Waals surface area contributed by atoms with Crippen LogP contribution >= 0.6 is 0 Å². The SMILES string of the molecule is COC(=O)N1CCCC(N2CCC(n3c(=O)n(S(C)(=O)=O)c4ccccc43)CC2)C1. The van der Waals surface area contributed by atoms with Crippen LogP contribution in [0.1, 0.15) is 31.7 Å². The number of nitrogens with zero attached hydrogens (tertiary/aromatic N) is 4. The number of carbonyl (C=O) groups is 1. The fourth-order valence-electron chi connectivity index (χ4n) is 4.87. The van der Waals surface area contributed by atoms with E-state index in [1.165, 1.54) is 7.11 Å². The number of fused-ring (bicyclic) bond motifs is 1. The van der Waals surface area contributed by atoms with Crippen molar-refractivity contribution in [2.24, 2.45) is 0 Å². The maximum absolute atomic E-state index is 13.0. The molecular formula is C20H28N4O5S. The topological polar surface area (TPSA) is 93.8 Å². The van der Waals surface area contributed by atoms with Crippen molar-refractivity contribution in [1.82, 2.24) is 18.3 Å². The summed E-state index contributed by atoms with van der Waals surface area (Å²) in [5.74, 6) is 0. The average molecular weight is 437 g/mol. The summed E-state index contributed by atoms with van der Waals surface area (Å²) in [6.45, 7) is 2.98. The van der Waals surface area contributed by atoms with Crippen molar-refractivity contribution < 1.29 is 17.9 Å². The van der Waals surface area contributed by atoms with Crippen LogP contribution in [0, 0.1) is 0 Å². The highest BCUT2D eigenvalue weighted by atomic mass is 32.2. The lowest BCUT2D eigenvalue weighted by Crippen LogP contribution is -2.52. The zero-order chi connectivity index (χ0) is 21.5. The van der Waals surface area contributed by atoms with E-state index in [4.69, 9.17) is 4.74 Å². The molecule has 2 fully saturated rings. The van der Waals surface area contributed by atoms with E-state index in [0.29, 0.717) is 17.6 Å². The Morgan fingerprint density at radius 2 is 1.70 bits per heavy atom. The Bertz CT molecular complexity index is 1100. The van der Waals surface area contributed by atoms with Crippen LogP contribution in [-0.4, -0.2) is 78.4 Å². The van der Waals surface area contributed by atoms with E-state index in [0.717, 1.165) is 55.5 Å². The standard InChI is InChI=1S/C20H28N4O5S/c1-29-20(26)22-11-5-6-16(14-22)21-12-9-15(10-13-21)23-17-7-3-4-8-18(17)24(19(23)25)30(2,27)28/h3-4,7-8,15-16H,5-6,9-14H2,1-2H3. The number of methoxy groups -OCH3 is 1. The van der Waals surface area contributed by atoms with E-state index in [1.807, 2.05) is 6.07 Å². The molecule has 1 unspecified atom stereocenters. The lowest BCUT2D eigenvalue weighted by Gasteiger charge is -2.42. The normalized spacial score (nSPS) is 21.8. The Labute approximate surface area is 175 Å². The minimum atomic E-state index is -3.70. The maximum atomic E-state index is 13.0. The van der Waals surface area contributed by atoms with E-state index in [2.05, 4.69) is 4.90 Å². The summed E-state index contributed by atoms with van der Waals surface area (Å²) >= 11 is 0. The third kappa shape index (κ3) is 3.74. The van der Waals surface area contributed by atoms with Crippen LogP contribution in [0.3, 0.4) is 0 Å². The predicted octanol–water partition coefficient (Wildman–Crippen LogP) is 1.48. The second-order valence-corrected chi connectivity index (χ2v) is 9.98. The van der Waals surface area contributed by atoms with Crippen LogP contribution in [0.2, 0.25) is 0 Å². The molecule has 0 radical (unpaired) electrons. The van der Waals surface area contributed by atoms with Gasteiger partial charge in [0.15, 0.2) is 0 Å². The van der Waals surface area contributed by atoms with Gasteiger partial charge in [0.2, 0.25) is 10.0 Å². The smallest absolute Gasteiger partial charge is 0.409 e. The summed E-state index contributed by atoms with van der Waals surface area (Å²) in [6, 6.07) is 7.28. The van der Waals surface area contributed by atoms with Gasteiger partial charge in [0.1, 0.15) is 0 Å². The molecule has 9 nitrogen and oxygen atoms in total. The van der Waals surface area contributed by atoms with E-state index in [9.17, 15) is 18.0 Å². The first-order valence-corrected chi connectivity index (χ1v) is 12.2. The Hall–Kier alpha value is -2.33. The van der Waals surface area contributed by atoms with Gasteiger partial charge in [0.25, 0.3) is 0 Å². The number of imidazole rings is 1. The molecule has 1 atom stereocenters. The Balaban J connectivity index is 1.54. The van der Waals surface area contributed by atoms with Crippen molar-refractivity contribution in [3.05, 3.63) is 34.7 Å². The highest BCUT2D eigenvalue weighted by molar-refractivity contribution is 7.89. The molecule has 3 heterocycles. The van der Waals surface area contributed by atoms with E-state index in [-0.39, 0.29) is 18.2 Å². The van der Waals surface area contributed by atoms with Gasteiger partial charge in [-0.2, -0.15) is 3.97 Å². The highest BCUT2D eigenvalue weighted by Gasteiger charge is 2.33. The first-order chi connectivity index (χ1) is 14.3. The van der Waals surface area contributed by atoms with Crippen molar-refractivity contribution in [2.45, 2.75) is 37.8 Å². The van der Waals surface area contributed by atoms with Gasteiger partial charge in [-0.3, -0.25) is 9.47 Å². The van der Waals surface area contributed by atoms with Crippen LogP contribution in [0.25, 0.3) is 11.0 Å².